The van der Waals surface area contributed by atoms with Crippen LogP contribution in [0.5, 0.6) is 0 Å². The summed E-state index contributed by atoms with van der Waals surface area (Å²) in [5, 5.41) is 0. The molecule has 0 amide bonds. The molecule has 0 spiro atoms. The number of rotatable bonds is 21. The van der Waals surface area contributed by atoms with Crippen LogP contribution in [0.25, 0.3) is 0 Å². The summed E-state index contributed by atoms with van der Waals surface area (Å²) in [6, 6.07) is 0. The molecular weight excluding hydrogens is 855 g/mol. The van der Waals surface area contributed by atoms with E-state index in [-0.39, 0.29) is 13.8 Å². The molecule has 3 nitrogen and oxygen atoms in total. The van der Waals surface area contributed by atoms with Gasteiger partial charge in [-0.05, 0) is 39.0 Å². The number of alkyl halides is 18. The van der Waals surface area contributed by atoms with Crippen molar-refractivity contribution < 1.29 is 92.0 Å². The van der Waals surface area contributed by atoms with E-state index in [4.69, 9.17) is 11.2 Å². The molecule has 0 fully saturated rings. The Bertz CT molecular complexity index is 1500. The van der Waals surface area contributed by atoms with Gasteiger partial charge in [-0.25, -0.2) is 26.3 Å². The first-order valence-corrected chi connectivity index (χ1v) is 19.6. The second-order valence-electron chi connectivity index (χ2n) is 11.8. The Morgan fingerprint density at radius 2 is 0.889 bits per heavy atom. The minimum absolute atomic E-state index is 0.0900. The van der Waals surface area contributed by atoms with Crippen LogP contribution in [0.1, 0.15) is 66.2 Å². The van der Waals surface area contributed by atoms with E-state index >= 15 is 0 Å². The zero-order chi connectivity index (χ0) is 43.2. The number of halogens is 20. The van der Waals surface area contributed by atoms with Crippen LogP contribution < -0.4 is 0 Å². The lowest BCUT2D eigenvalue weighted by atomic mass is 9.97. The van der Waals surface area contributed by atoms with E-state index in [0.29, 0.717) is 13.8 Å². The van der Waals surface area contributed by atoms with Gasteiger partial charge in [0.25, 0.3) is 35.5 Å². The van der Waals surface area contributed by atoms with Gasteiger partial charge in [-0.15, -0.1) is 0 Å². The zero-order valence-corrected chi connectivity index (χ0v) is 30.9. The Hall–Kier alpha value is -1.78. The maximum Gasteiger partial charge on any atom is 0.415 e. The molecule has 0 bridgehead atoms. The van der Waals surface area contributed by atoms with Crippen molar-refractivity contribution in [1.82, 2.24) is 0 Å². The predicted octanol–water partition coefficient (Wildman–Crippen LogP) is 12.0. The second kappa shape index (κ2) is 18.7. The van der Waals surface area contributed by atoms with Crippen molar-refractivity contribution in [3.63, 3.8) is 0 Å². The van der Waals surface area contributed by atoms with Crippen molar-refractivity contribution in [3.05, 3.63) is 22.8 Å². The van der Waals surface area contributed by atoms with Crippen molar-refractivity contribution in [2.75, 3.05) is 25.0 Å². The molecule has 0 aliphatic carbocycles. The molecule has 26 heteroatoms. The highest BCUT2D eigenvalue weighted by atomic mass is 33.1. The van der Waals surface area contributed by atoms with Crippen LogP contribution in [0.2, 0.25) is 0 Å². The zero-order valence-electron chi connectivity index (χ0n) is 28.2. The van der Waals surface area contributed by atoms with E-state index in [2.05, 4.69) is 9.98 Å². The maximum absolute atomic E-state index is 14.7. The summed E-state index contributed by atoms with van der Waals surface area (Å²) in [5.41, 5.74) is -10.1. The molecule has 0 aromatic heterocycles. The van der Waals surface area contributed by atoms with Crippen LogP contribution in [-0.2, 0) is 19.3 Å². The van der Waals surface area contributed by atoms with Gasteiger partial charge in [-0.2, -0.15) is 61.5 Å². The highest BCUT2D eigenvalue weighted by Gasteiger charge is 2.52. The van der Waals surface area contributed by atoms with Gasteiger partial charge in [0.05, 0.1) is 42.0 Å². The van der Waals surface area contributed by atoms with Gasteiger partial charge in [-0.1, -0.05) is 13.8 Å². The van der Waals surface area contributed by atoms with E-state index in [1.165, 1.54) is 0 Å². The summed E-state index contributed by atoms with van der Waals surface area (Å²) in [5.74, 6) is -35.9. The average molecular weight is 889 g/mol. The highest BCUT2D eigenvalue weighted by molar-refractivity contribution is 8.64. The molecule has 0 heterocycles. The Morgan fingerprint density at radius 3 is 1.17 bits per heavy atom. The molecule has 0 aromatic carbocycles. The highest BCUT2D eigenvalue weighted by Crippen LogP contribution is 2.44. The van der Waals surface area contributed by atoms with E-state index in [1.807, 2.05) is 0 Å². The molecule has 0 N–H and O–H groups in total. The molecule has 0 aliphatic heterocycles. The van der Waals surface area contributed by atoms with Gasteiger partial charge >= 0.3 is 12.4 Å². The minimum Gasteiger partial charge on any atom is -0.287 e. The second-order valence-corrected chi connectivity index (χ2v) is 19.6. The number of allylic oxidation sites excluding steroid dienone is 4. The fourth-order valence-electron chi connectivity index (χ4n) is 4.04. The van der Waals surface area contributed by atoms with E-state index < -0.39 is 162 Å². The van der Waals surface area contributed by atoms with Crippen LogP contribution in [0.3, 0.4) is 0 Å². The van der Waals surface area contributed by atoms with Gasteiger partial charge in [0, 0.05) is 46.1 Å². The lowest BCUT2D eigenvalue weighted by molar-refractivity contribution is -0.102. The standard InChI is InChI=1S/C28H33F20N2OPS2/c1-5-23(35,36)19(29)15(27(43,44)45)11-17(25(39,40)13-21(3,31)32)49-7-9-52-54(51,53)10-8-50-18(26(41,42)14-22(4,33)34)12-16(28(46,47)48)20(30)24(37,38)6-2/h52H,5-14H2,1-4H3/b19-15?,20-16-,49-17+,50-18+. The SMILES string of the molecule is CCC(F)(F)C(F)=C(C/C(=N\CCPS(=O)(=S)CC/N=C(\C/C(=C(/F)C(F)(F)CC)C(F)(F)F)C(F)(F)CC(C)(F)F)C(F)(F)CC(C)(F)F)C(F)(F)F. The van der Waals surface area contributed by atoms with Crippen LogP contribution >= 0.6 is 7.78 Å². The third kappa shape index (κ3) is 17.6. The topological polar surface area (TPSA) is 41.8 Å². The van der Waals surface area contributed by atoms with Gasteiger partial charge < -0.3 is 0 Å². The third-order valence-corrected chi connectivity index (χ3v) is 12.4. The molecule has 0 aromatic rings. The maximum atomic E-state index is 14.7. The molecule has 54 heavy (non-hydrogen) atoms. The fourth-order valence-corrected chi connectivity index (χ4v) is 7.92. The van der Waals surface area contributed by atoms with Crippen LogP contribution in [-0.4, -0.2) is 88.5 Å². The molecule has 0 saturated carbocycles. The first-order chi connectivity index (χ1) is 23.7. The van der Waals surface area contributed by atoms with E-state index in [0.717, 1.165) is 0 Å². The molecular formula is C28H33F20N2OPS2. The smallest absolute Gasteiger partial charge is 0.287 e. The third-order valence-electron chi connectivity index (χ3n) is 6.74. The molecule has 0 saturated heterocycles. The summed E-state index contributed by atoms with van der Waals surface area (Å²) in [6.45, 7) is -1.62. The molecule has 318 valence electrons. The van der Waals surface area contributed by atoms with Crippen LogP contribution in [0, 0.1) is 0 Å². The normalized spacial score (nSPS) is 17.6. The Labute approximate surface area is 302 Å². The summed E-state index contributed by atoms with van der Waals surface area (Å²) in [7, 11) is -5.15. The number of aliphatic imine (C=N–C) groups is 2. The molecule has 0 aliphatic rings. The van der Waals surface area contributed by atoms with Gasteiger partial charge in [0.2, 0.25) is 0 Å². The van der Waals surface area contributed by atoms with Crippen LogP contribution in [0.15, 0.2) is 32.8 Å². The number of hydrogen-bond donors (Lipinski definition) is 0. The summed E-state index contributed by atoms with van der Waals surface area (Å²) >= 11 is 4.69. The van der Waals surface area contributed by atoms with Crippen molar-refractivity contribution >= 4 is 38.5 Å². The molecule has 2 unspecified atom stereocenters. The minimum atomic E-state index is -6.07. The molecule has 2 atom stereocenters. The first kappa shape index (κ1) is 52.2. The van der Waals surface area contributed by atoms with Gasteiger partial charge in [-0.3, -0.25) is 14.2 Å². The molecule has 0 rings (SSSR count). The summed E-state index contributed by atoms with van der Waals surface area (Å²) in [6.07, 6.45) is -26.1. The van der Waals surface area contributed by atoms with Crippen molar-refractivity contribution in [1.29, 1.82) is 0 Å². The first-order valence-electron chi connectivity index (χ1n) is 15.0. The predicted molar refractivity (Wildman–Crippen MR) is 167 cm³/mol. The number of nitrogens with zero attached hydrogens (tertiary/aromatic N) is 2. The lowest BCUT2D eigenvalue weighted by Gasteiger charge is -2.25. The van der Waals surface area contributed by atoms with Crippen molar-refractivity contribution in [3.8, 4) is 0 Å². The lowest BCUT2D eigenvalue weighted by Crippen LogP contribution is -2.37. The average Bonchev–Trinajstić information content (AvgIpc) is 2.93. The van der Waals surface area contributed by atoms with E-state index in [9.17, 15) is 92.0 Å². The van der Waals surface area contributed by atoms with Crippen LogP contribution in [0.4, 0.5) is 87.8 Å². The summed E-state index contributed by atoms with van der Waals surface area (Å²) in [4.78, 5) is 5.99. The van der Waals surface area contributed by atoms with Gasteiger partial charge in [0.15, 0.2) is 11.7 Å². The van der Waals surface area contributed by atoms with Crippen molar-refractivity contribution in [2.45, 2.75) is 114 Å². The molecule has 0 radical (unpaired) electrons. The quantitative estimate of drug-likeness (QED) is 0.0499. The largest absolute Gasteiger partial charge is 0.415 e. The van der Waals surface area contributed by atoms with Gasteiger partial charge in [0.1, 0.15) is 0 Å². The summed E-state index contributed by atoms with van der Waals surface area (Å²) < 4.78 is 290. The van der Waals surface area contributed by atoms with E-state index in [1.54, 1.807) is 0 Å². The fraction of sp³-hybridized carbons (Fsp3) is 0.786. The Morgan fingerprint density at radius 1 is 0.574 bits per heavy atom. The number of hydrogen-bond acceptors (Lipinski definition) is 4. The monoisotopic (exact) mass is 888 g/mol. The Balaban J connectivity index is 6.62. The van der Waals surface area contributed by atoms with Crippen molar-refractivity contribution in [2.24, 2.45) is 9.98 Å². The Kier molecular flexibility index (Phi) is 18.0.